The van der Waals surface area contributed by atoms with Crippen LogP contribution in [0.1, 0.15) is 58.8 Å². The average molecular weight is 417 g/mol. The molecule has 0 N–H and O–H groups in total. The molecule has 0 saturated carbocycles. The molecular formula is C25H37FO2Si. The summed E-state index contributed by atoms with van der Waals surface area (Å²) in [5.74, 6) is -0.220. The highest BCUT2D eigenvalue weighted by Crippen LogP contribution is 2.42. The lowest BCUT2D eigenvalue weighted by Crippen LogP contribution is -2.40. The van der Waals surface area contributed by atoms with E-state index < -0.39 is 8.32 Å². The molecule has 1 atom stereocenters. The predicted molar refractivity (Wildman–Crippen MR) is 123 cm³/mol. The first-order chi connectivity index (χ1) is 13.3. The van der Waals surface area contributed by atoms with Gasteiger partial charge in [0.2, 0.25) is 0 Å². The lowest BCUT2D eigenvalue weighted by Gasteiger charge is -2.36. The number of hydrogen-bond acceptors (Lipinski definition) is 2. The van der Waals surface area contributed by atoms with Crippen molar-refractivity contribution in [1.82, 2.24) is 0 Å². The van der Waals surface area contributed by atoms with E-state index in [0.717, 1.165) is 16.7 Å². The second-order valence-corrected chi connectivity index (χ2v) is 15.2. The Labute approximate surface area is 177 Å². The second kappa shape index (κ2) is 8.71. The fraction of sp³-hybridized carbons (Fsp3) is 0.520. The zero-order valence-corrected chi connectivity index (χ0v) is 20.5. The van der Waals surface area contributed by atoms with Crippen molar-refractivity contribution in [3.05, 3.63) is 59.4 Å². The van der Waals surface area contributed by atoms with Crippen LogP contribution in [0.5, 0.6) is 0 Å². The molecule has 0 saturated heterocycles. The summed E-state index contributed by atoms with van der Waals surface area (Å²) >= 11 is 0. The van der Waals surface area contributed by atoms with Crippen LogP contribution < -0.4 is 0 Å². The van der Waals surface area contributed by atoms with E-state index in [1.807, 2.05) is 24.3 Å². The van der Waals surface area contributed by atoms with Gasteiger partial charge in [-0.3, -0.25) is 0 Å². The predicted octanol–water partition coefficient (Wildman–Crippen LogP) is 7.75. The van der Waals surface area contributed by atoms with Crippen LogP contribution in [0.4, 0.5) is 4.39 Å². The number of methoxy groups -OCH3 is 1. The van der Waals surface area contributed by atoms with Gasteiger partial charge >= 0.3 is 0 Å². The van der Waals surface area contributed by atoms with Crippen LogP contribution in [0.2, 0.25) is 18.1 Å². The third kappa shape index (κ3) is 5.56. The summed E-state index contributed by atoms with van der Waals surface area (Å²) in [6.45, 7) is 18.2. The lowest BCUT2D eigenvalue weighted by molar-refractivity contribution is 0.0155. The first-order valence-electron chi connectivity index (χ1n) is 10.3. The number of benzene rings is 2. The fourth-order valence-electron chi connectivity index (χ4n) is 3.27. The minimum atomic E-state index is -1.85. The zero-order chi connectivity index (χ0) is 22.0. The molecule has 29 heavy (non-hydrogen) atoms. The van der Waals surface area contributed by atoms with E-state index in [1.54, 1.807) is 13.2 Å². The molecule has 0 amide bonds. The van der Waals surface area contributed by atoms with Gasteiger partial charge in [0.05, 0.1) is 12.7 Å². The topological polar surface area (TPSA) is 18.5 Å². The van der Waals surface area contributed by atoms with Crippen LogP contribution in [0, 0.1) is 11.2 Å². The lowest BCUT2D eigenvalue weighted by atomic mass is 9.81. The Balaban J connectivity index is 2.51. The molecule has 0 aliphatic heterocycles. The van der Waals surface area contributed by atoms with Crippen molar-refractivity contribution in [3.8, 4) is 11.1 Å². The highest BCUT2D eigenvalue weighted by molar-refractivity contribution is 6.74. The number of hydrogen-bond donors (Lipinski definition) is 0. The molecule has 160 valence electrons. The normalized spacial score (nSPS) is 14.1. The maximum absolute atomic E-state index is 14.6. The van der Waals surface area contributed by atoms with Crippen molar-refractivity contribution < 1.29 is 13.6 Å². The van der Waals surface area contributed by atoms with Crippen LogP contribution in [0.3, 0.4) is 0 Å². The van der Waals surface area contributed by atoms with Crippen molar-refractivity contribution >= 4 is 8.32 Å². The zero-order valence-electron chi connectivity index (χ0n) is 19.5. The number of rotatable bonds is 6. The van der Waals surface area contributed by atoms with E-state index >= 15 is 0 Å². The van der Waals surface area contributed by atoms with Gasteiger partial charge in [0.25, 0.3) is 0 Å². The van der Waals surface area contributed by atoms with E-state index in [4.69, 9.17) is 9.16 Å². The van der Waals surface area contributed by atoms with Crippen molar-refractivity contribution in [2.45, 2.75) is 72.4 Å². The maximum atomic E-state index is 14.6. The standard InChI is InChI=1S/C25H37FO2Si/c1-24(2,3)23(27-7)21-16-18(17-28-29(8,9)25(4,5)6)14-15-19(21)20-12-10-11-13-22(20)26/h10-16,23H,17H2,1-9H3/t23-/m0/s1. The third-order valence-electron chi connectivity index (χ3n) is 5.99. The minimum Gasteiger partial charge on any atom is -0.413 e. The van der Waals surface area contributed by atoms with Crippen LogP contribution in [-0.2, 0) is 15.8 Å². The molecule has 0 aromatic heterocycles. The Kier molecular flexibility index (Phi) is 7.14. The summed E-state index contributed by atoms with van der Waals surface area (Å²) in [5.41, 5.74) is 3.44. The van der Waals surface area contributed by atoms with Crippen LogP contribution >= 0.6 is 0 Å². The highest BCUT2D eigenvalue weighted by atomic mass is 28.4. The minimum absolute atomic E-state index is 0.131. The van der Waals surface area contributed by atoms with Gasteiger partial charge in [-0.15, -0.1) is 0 Å². The number of ether oxygens (including phenoxy) is 1. The molecule has 0 aliphatic rings. The largest absolute Gasteiger partial charge is 0.413 e. The second-order valence-electron chi connectivity index (χ2n) is 10.4. The Morgan fingerprint density at radius 3 is 2.07 bits per heavy atom. The van der Waals surface area contributed by atoms with Gasteiger partial charge < -0.3 is 9.16 Å². The molecule has 2 aromatic rings. The van der Waals surface area contributed by atoms with E-state index in [0.29, 0.717) is 12.2 Å². The molecule has 0 spiro atoms. The molecule has 2 aromatic carbocycles. The molecule has 2 rings (SSSR count). The number of halogens is 1. The van der Waals surface area contributed by atoms with Gasteiger partial charge in [0.15, 0.2) is 8.32 Å². The summed E-state index contributed by atoms with van der Waals surface area (Å²) in [6.07, 6.45) is -0.162. The monoisotopic (exact) mass is 416 g/mol. The van der Waals surface area contributed by atoms with Crippen LogP contribution in [-0.4, -0.2) is 15.4 Å². The Hall–Kier alpha value is -1.49. The van der Waals surface area contributed by atoms with Crippen molar-refractivity contribution in [3.63, 3.8) is 0 Å². The first kappa shape index (κ1) is 23.8. The fourth-order valence-corrected chi connectivity index (χ4v) is 4.23. The van der Waals surface area contributed by atoms with Crippen LogP contribution in [0.15, 0.2) is 42.5 Å². The molecule has 2 nitrogen and oxygen atoms in total. The summed E-state index contributed by atoms with van der Waals surface area (Å²) in [5, 5.41) is 0.156. The van der Waals surface area contributed by atoms with Crippen molar-refractivity contribution in [2.24, 2.45) is 5.41 Å². The van der Waals surface area contributed by atoms with E-state index in [-0.39, 0.29) is 22.4 Å². The Bertz CT molecular complexity index is 831. The SMILES string of the molecule is CO[C@@H](c1cc(CO[Si](C)(C)C(C)(C)C)ccc1-c1ccccc1F)C(C)(C)C. The Morgan fingerprint density at radius 1 is 0.931 bits per heavy atom. The highest BCUT2D eigenvalue weighted by Gasteiger charge is 2.37. The smallest absolute Gasteiger partial charge is 0.192 e. The molecule has 0 unspecified atom stereocenters. The van der Waals surface area contributed by atoms with Crippen molar-refractivity contribution in [2.75, 3.05) is 7.11 Å². The molecule has 0 radical (unpaired) electrons. The molecule has 0 heterocycles. The summed E-state index contributed by atoms with van der Waals surface area (Å²) in [6, 6.07) is 13.1. The summed E-state index contributed by atoms with van der Waals surface area (Å²) < 4.78 is 26.9. The Morgan fingerprint density at radius 2 is 1.55 bits per heavy atom. The molecule has 0 aliphatic carbocycles. The van der Waals surface area contributed by atoms with E-state index in [1.165, 1.54) is 6.07 Å². The van der Waals surface area contributed by atoms with Gasteiger partial charge in [0.1, 0.15) is 5.82 Å². The van der Waals surface area contributed by atoms with E-state index in [2.05, 4.69) is 60.7 Å². The van der Waals surface area contributed by atoms with Gasteiger partial charge in [-0.25, -0.2) is 4.39 Å². The van der Waals surface area contributed by atoms with Gasteiger partial charge in [-0.1, -0.05) is 77.9 Å². The van der Waals surface area contributed by atoms with Gasteiger partial charge in [-0.05, 0) is 46.3 Å². The van der Waals surface area contributed by atoms with Gasteiger partial charge in [0, 0.05) is 12.7 Å². The van der Waals surface area contributed by atoms with Crippen LogP contribution in [0.25, 0.3) is 11.1 Å². The molecule has 4 heteroatoms. The third-order valence-corrected chi connectivity index (χ3v) is 10.5. The molecule has 0 fully saturated rings. The quantitative estimate of drug-likeness (QED) is 0.448. The van der Waals surface area contributed by atoms with Crippen molar-refractivity contribution in [1.29, 1.82) is 0 Å². The molecule has 0 bridgehead atoms. The van der Waals surface area contributed by atoms with Gasteiger partial charge in [-0.2, -0.15) is 0 Å². The average Bonchev–Trinajstić information content (AvgIpc) is 2.59. The summed E-state index contributed by atoms with van der Waals surface area (Å²) in [4.78, 5) is 0. The maximum Gasteiger partial charge on any atom is 0.192 e. The summed E-state index contributed by atoms with van der Waals surface area (Å²) in [7, 11) is -0.133. The van der Waals surface area contributed by atoms with E-state index in [9.17, 15) is 4.39 Å². The molecular weight excluding hydrogens is 379 g/mol. The first-order valence-corrected chi connectivity index (χ1v) is 13.2.